The van der Waals surface area contributed by atoms with Crippen LogP contribution in [0.1, 0.15) is 56.8 Å². The topological polar surface area (TPSA) is 71.5 Å². The maximum absolute atomic E-state index is 12.6. The lowest BCUT2D eigenvalue weighted by molar-refractivity contribution is -0.120. The van der Waals surface area contributed by atoms with E-state index >= 15 is 0 Å². The number of carbonyl (C=O) groups is 2. The van der Waals surface area contributed by atoms with Crippen LogP contribution < -0.4 is 10.1 Å². The van der Waals surface area contributed by atoms with E-state index in [1.165, 1.54) is 0 Å². The van der Waals surface area contributed by atoms with Gasteiger partial charge in [-0.05, 0) is 61.9 Å². The van der Waals surface area contributed by atoms with Gasteiger partial charge in [-0.3, -0.25) is 9.59 Å². The number of anilines is 1. The Morgan fingerprint density at radius 3 is 2.33 bits per heavy atom. The molecule has 2 amide bonds. The highest BCUT2D eigenvalue weighted by molar-refractivity contribution is 5.94. The molecule has 0 atom stereocenters. The van der Waals surface area contributed by atoms with E-state index in [0.29, 0.717) is 28.8 Å². The van der Waals surface area contributed by atoms with Crippen molar-refractivity contribution in [1.29, 1.82) is 0 Å². The maximum Gasteiger partial charge on any atom is 0.253 e. The number of piperidine rings is 1. The fourth-order valence-corrected chi connectivity index (χ4v) is 3.60. The third-order valence-electron chi connectivity index (χ3n) is 5.75. The summed E-state index contributed by atoms with van der Waals surface area (Å²) < 4.78 is 5.77. The summed E-state index contributed by atoms with van der Waals surface area (Å²) in [7, 11) is 0. The minimum Gasteiger partial charge on any atom is -0.439 e. The van der Waals surface area contributed by atoms with Crippen LogP contribution in [-0.4, -0.2) is 34.8 Å². The van der Waals surface area contributed by atoms with Crippen molar-refractivity contribution < 1.29 is 14.3 Å². The molecule has 0 radical (unpaired) electrons. The number of rotatable bonds is 7. The molecule has 0 aliphatic carbocycles. The molecule has 0 saturated carbocycles. The molecule has 0 bridgehead atoms. The Morgan fingerprint density at radius 2 is 1.77 bits per heavy atom. The highest BCUT2D eigenvalue weighted by Gasteiger charge is 2.21. The van der Waals surface area contributed by atoms with E-state index in [4.69, 9.17) is 4.74 Å². The van der Waals surface area contributed by atoms with Crippen LogP contribution in [0, 0.1) is 11.8 Å². The number of benzene rings is 1. The van der Waals surface area contributed by atoms with Crippen LogP contribution in [0.25, 0.3) is 0 Å². The lowest BCUT2D eigenvalue weighted by Crippen LogP contribution is -2.37. The second-order valence-corrected chi connectivity index (χ2v) is 7.99. The van der Waals surface area contributed by atoms with E-state index < -0.39 is 0 Å². The largest absolute Gasteiger partial charge is 0.439 e. The van der Waals surface area contributed by atoms with Crippen molar-refractivity contribution >= 4 is 17.5 Å². The molecule has 3 rings (SSSR count). The molecule has 2 aromatic rings. The fourth-order valence-electron chi connectivity index (χ4n) is 3.60. The number of carbonyl (C=O) groups excluding carboxylic acids is 2. The van der Waals surface area contributed by atoms with Crippen LogP contribution in [0.2, 0.25) is 0 Å². The van der Waals surface area contributed by atoms with Crippen molar-refractivity contribution in [2.45, 2.75) is 46.5 Å². The van der Waals surface area contributed by atoms with Gasteiger partial charge in [0.05, 0.1) is 11.9 Å². The van der Waals surface area contributed by atoms with Crippen molar-refractivity contribution in [3.8, 4) is 11.6 Å². The summed E-state index contributed by atoms with van der Waals surface area (Å²) >= 11 is 0. The molecule has 1 aliphatic rings. The minimum atomic E-state index is 0.00971. The van der Waals surface area contributed by atoms with Crippen LogP contribution in [-0.2, 0) is 4.79 Å². The van der Waals surface area contributed by atoms with Crippen molar-refractivity contribution in [2.75, 3.05) is 18.4 Å². The quantitative estimate of drug-likeness (QED) is 0.689. The van der Waals surface area contributed by atoms with Gasteiger partial charge in [-0.1, -0.05) is 20.8 Å². The number of likely N-dealkylation sites (tertiary alicyclic amines) is 1. The lowest BCUT2D eigenvalue weighted by atomic mass is 9.98. The standard InChI is InChI=1S/C24H31N3O3/c1-4-18(5-2)23(28)26-20-8-11-22(25-16-20)30-21-9-6-19(7-10-21)24(29)27-14-12-17(3)13-15-27/h6-11,16-18H,4-5,12-15H2,1-3H3,(H,26,28). The molecule has 1 N–H and O–H groups in total. The van der Waals surface area contributed by atoms with Gasteiger partial charge in [0.15, 0.2) is 0 Å². The van der Waals surface area contributed by atoms with Crippen molar-refractivity contribution in [3.63, 3.8) is 0 Å². The van der Waals surface area contributed by atoms with Gasteiger partial charge >= 0.3 is 0 Å². The van der Waals surface area contributed by atoms with Crippen LogP contribution in [0.5, 0.6) is 11.6 Å². The van der Waals surface area contributed by atoms with Gasteiger partial charge < -0.3 is 15.0 Å². The summed E-state index contributed by atoms with van der Waals surface area (Å²) in [5.41, 5.74) is 1.32. The Hall–Kier alpha value is -2.89. The number of ether oxygens (including phenoxy) is 1. The Kier molecular flexibility index (Phi) is 7.44. The van der Waals surface area contributed by atoms with E-state index in [1.54, 1.807) is 42.6 Å². The summed E-state index contributed by atoms with van der Waals surface area (Å²) in [6, 6.07) is 10.6. The molecule has 1 saturated heterocycles. The Morgan fingerprint density at radius 1 is 1.10 bits per heavy atom. The highest BCUT2D eigenvalue weighted by atomic mass is 16.5. The predicted octanol–water partition coefficient (Wildman–Crippen LogP) is 5.12. The number of nitrogens with one attached hydrogen (secondary N) is 1. The number of hydrogen-bond donors (Lipinski definition) is 1. The molecule has 30 heavy (non-hydrogen) atoms. The van der Waals surface area contributed by atoms with Gasteiger partial charge in [-0.15, -0.1) is 0 Å². The first kappa shape index (κ1) is 21.8. The molecule has 2 heterocycles. The molecule has 0 spiro atoms. The van der Waals surface area contributed by atoms with Crippen LogP contribution in [0.3, 0.4) is 0 Å². The van der Waals surface area contributed by atoms with Crippen molar-refractivity contribution in [1.82, 2.24) is 9.88 Å². The van der Waals surface area contributed by atoms with E-state index in [0.717, 1.165) is 38.8 Å². The molecule has 6 nitrogen and oxygen atoms in total. The zero-order chi connectivity index (χ0) is 21.5. The molecular formula is C24H31N3O3. The molecule has 1 aliphatic heterocycles. The first-order valence-electron chi connectivity index (χ1n) is 10.8. The van der Waals surface area contributed by atoms with Gasteiger partial charge in [-0.2, -0.15) is 0 Å². The number of amides is 2. The van der Waals surface area contributed by atoms with Crippen LogP contribution in [0.4, 0.5) is 5.69 Å². The Labute approximate surface area is 178 Å². The third kappa shape index (κ3) is 5.59. The zero-order valence-corrected chi connectivity index (χ0v) is 18.1. The number of aromatic nitrogens is 1. The Bertz CT molecular complexity index is 837. The van der Waals surface area contributed by atoms with Crippen LogP contribution in [0.15, 0.2) is 42.6 Å². The summed E-state index contributed by atoms with van der Waals surface area (Å²) in [5, 5.41) is 2.89. The second kappa shape index (κ2) is 10.2. The van der Waals surface area contributed by atoms with E-state index in [1.807, 2.05) is 18.7 Å². The highest BCUT2D eigenvalue weighted by Crippen LogP contribution is 2.23. The third-order valence-corrected chi connectivity index (χ3v) is 5.75. The van der Waals surface area contributed by atoms with Crippen LogP contribution >= 0.6 is 0 Å². The van der Waals surface area contributed by atoms with Crippen molar-refractivity contribution in [3.05, 3.63) is 48.2 Å². The number of hydrogen-bond acceptors (Lipinski definition) is 4. The van der Waals surface area contributed by atoms with Gasteiger partial charge in [0, 0.05) is 30.6 Å². The molecule has 1 aromatic carbocycles. The normalized spacial score (nSPS) is 14.6. The second-order valence-electron chi connectivity index (χ2n) is 7.99. The first-order chi connectivity index (χ1) is 14.5. The van der Waals surface area contributed by atoms with E-state index in [-0.39, 0.29) is 17.7 Å². The van der Waals surface area contributed by atoms with Gasteiger partial charge in [-0.25, -0.2) is 4.98 Å². The summed E-state index contributed by atoms with van der Waals surface area (Å²) in [6.45, 7) is 7.89. The minimum absolute atomic E-state index is 0.00971. The maximum atomic E-state index is 12.6. The average molecular weight is 410 g/mol. The summed E-state index contributed by atoms with van der Waals surface area (Å²) in [6.07, 6.45) is 5.34. The molecule has 1 aromatic heterocycles. The molecule has 160 valence electrons. The average Bonchev–Trinajstić information content (AvgIpc) is 2.76. The molecule has 0 unspecified atom stereocenters. The smallest absolute Gasteiger partial charge is 0.253 e. The monoisotopic (exact) mass is 409 g/mol. The fraction of sp³-hybridized carbons (Fsp3) is 0.458. The SMILES string of the molecule is CCC(CC)C(=O)Nc1ccc(Oc2ccc(C(=O)N3CCC(C)CC3)cc2)nc1. The predicted molar refractivity (Wildman–Crippen MR) is 118 cm³/mol. The zero-order valence-electron chi connectivity index (χ0n) is 18.1. The first-order valence-corrected chi connectivity index (χ1v) is 10.8. The van der Waals surface area contributed by atoms with E-state index in [9.17, 15) is 9.59 Å². The summed E-state index contributed by atoms with van der Waals surface area (Å²) in [5.74, 6) is 1.83. The number of pyridine rings is 1. The lowest BCUT2D eigenvalue weighted by Gasteiger charge is -2.30. The molecule has 6 heteroatoms. The van der Waals surface area contributed by atoms with Gasteiger partial charge in [0.1, 0.15) is 5.75 Å². The van der Waals surface area contributed by atoms with Crippen molar-refractivity contribution in [2.24, 2.45) is 11.8 Å². The molecular weight excluding hydrogens is 378 g/mol. The van der Waals surface area contributed by atoms with Gasteiger partial charge in [0.2, 0.25) is 11.8 Å². The van der Waals surface area contributed by atoms with E-state index in [2.05, 4.69) is 17.2 Å². The Balaban J connectivity index is 1.56. The molecule has 1 fully saturated rings. The number of nitrogens with zero attached hydrogens (tertiary/aromatic N) is 2. The summed E-state index contributed by atoms with van der Waals surface area (Å²) in [4.78, 5) is 31.0. The van der Waals surface area contributed by atoms with Gasteiger partial charge in [0.25, 0.3) is 5.91 Å².